The topological polar surface area (TPSA) is 68.4 Å². The lowest BCUT2D eigenvalue weighted by Crippen LogP contribution is -2.20. The Morgan fingerprint density at radius 2 is 2.00 bits per heavy atom. The Balaban J connectivity index is 1.79. The minimum Gasteiger partial charge on any atom is -0.497 e. The molecule has 26 heavy (non-hydrogen) atoms. The molecule has 4 rings (SSSR count). The number of fused-ring (bicyclic) bond motifs is 2. The molecule has 1 aliphatic rings. The van der Waals surface area contributed by atoms with Crippen LogP contribution in [0.2, 0.25) is 0 Å². The van der Waals surface area contributed by atoms with Crippen LogP contribution in [0.5, 0.6) is 11.5 Å². The number of hydrogen-bond donors (Lipinski definition) is 1. The Morgan fingerprint density at radius 3 is 2.81 bits per heavy atom. The second kappa shape index (κ2) is 6.15. The zero-order valence-electron chi connectivity index (χ0n) is 13.8. The summed E-state index contributed by atoms with van der Waals surface area (Å²) < 4.78 is 24.1. The molecule has 0 aliphatic carbocycles. The highest BCUT2D eigenvalue weighted by Gasteiger charge is 2.24. The Kier molecular flexibility index (Phi) is 3.80. The number of carbonyl (C=O) groups excluding carboxylic acids is 1. The second-order valence-corrected chi connectivity index (χ2v) is 5.93. The number of benzene rings is 2. The SMILES string of the molecule is COc1ccc2[nH]c(=O)c(C=C3COc4ccc(F)cc4C3=O)cc2c1. The third-order valence-electron chi connectivity index (χ3n) is 4.27. The number of nitrogens with one attached hydrogen (secondary N) is 1. The Hall–Kier alpha value is -3.41. The summed E-state index contributed by atoms with van der Waals surface area (Å²) in [6, 6.07) is 10.8. The second-order valence-electron chi connectivity index (χ2n) is 5.93. The summed E-state index contributed by atoms with van der Waals surface area (Å²) in [4.78, 5) is 27.7. The first-order valence-corrected chi connectivity index (χ1v) is 7.94. The number of ether oxygens (including phenoxy) is 2. The summed E-state index contributed by atoms with van der Waals surface area (Å²) in [6.45, 7) is 0.0209. The molecule has 0 atom stereocenters. The van der Waals surface area contributed by atoms with Crippen molar-refractivity contribution >= 4 is 22.8 Å². The summed E-state index contributed by atoms with van der Waals surface area (Å²) in [5.41, 5.74) is 1.10. The van der Waals surface area contributed by atoms with Crippen molar-refractivity contribution in [3.63, 3.8) is 0 Å². The maximum atomic E-state index is 13.4. The van der Waals surface area contributed by atoms with Crippen molar-refractivity contribution in [2.75, 3.05) is 13.7 Å². The molecule has 3 aromatic rings. The molecule has 0 amide bonds. The standard InChI is InChI=1S/C20H14FNO4/c1-25-15-3-4-17-11(8-15)6-12(20(24)22-17)7-13-10-26-18-5-2-14(21)9-16(18)19(13)23/h2-9H,10H2,1H3,(H,22,24). The molecule has 6 heteroatoms. The van der Waals surface area contributed by atoms with Gasteiger partial charge < -0.3 is 14.5 Å². The molecule has 5 nitrogen and oxygen atoms in total. The lowest BCUT2D eigenvalue weighted by atomic mass is 9.98. The van der Waals surface area contributed by atoms with Gasteiger partial charge in [-0.15, -0.1) is 0 Å². The molecule has 1 aromatic heterocycles. The molecule has 1 aliphatic heterocycles. The van der Waals surface area contributed by atoms with Crippen LogP contribution in [0, 0.1) is 5.82 Å². The van der Waals surface area contributed by atoms with E-state index < -0.39 is 5.82 Å². The molecule has 0 radical (unpaired) electrons. The highest BCUT2D eigenvalue weighted by molar-refractivity contribution is 6.14. The van der Waals surface area contributed by atoms with Crippen molar-refractivity contribution in [1.82, 2.24) is 4.98 Å². The summed E-state index contributed by atoms with van der Waals surface area (Å²) >= 11 is 0. The molecule has 0 saturated heterocycles. The first-order chi connectivity index (χ1) is 12.5. The van der Waals surface area contributed by atoms with Crippen LogP contribution < -0.4 is 15.0 Å². The van der Waals surface area contributed by atoms with Crippen LogP contribution in [0.3, 0.4) is 0 Å². The summed E-state index contributed by atoms with van der Waals surface area (Å²) in [5.74, 6) is 0.129. The van der Waals surface area contributed by atoms with Gasteiger partial charge in [0.1, 0.15) is 23.9 Å². The number of ketones is 1. The van der Waals surface area contributed by atoms with Gasteiger partial charge in [0.25, 0.3) is 5.56 Å². The molecular formula is C20H14FNO4. The van der Waals surface area contributed by atoms with Gasteiger partial charge >= 0.3 is 0 Å². The predicted octanol–water partition coefficient (Wildman–Crippen LogP) is 3.33. The highest BCUT2D eigenvalue weighted by atomic mass is 19.1. The number of carbonyl (C=O) groups is 1. The monoisotopic (exact) mass is 351 g/mol. The molecular weight excluding hydrogens is 337 g/mol. The number of aromatic amines is 1. The number of methoxy groups -OCH3 is 1. The summed E-state index contributed by atoms with van der Waals surface area (Å²) in [6.07, 6.45) is 1.48. The van der Waals surface area contributed by atoms with Gasteiger partial charge in [0.2, 0.25) is 0 Å². The number of H-pyrrole nitrogens is 1. The molecule has 0 spiro atoms. The van der Waals surface area contributed by atoms with E-state index in [1.807, 2.05) is 0 Å². The molecule has 130 valence electrons. The van der Waals surface area contributed by atoms with Crippen molar-refractivity contribution in [3.05, 3.63) is 75.3 Å². The van der Waals surface area contributed by atoms with Crippen LogP contribution >= 0.6 is 0 Å². The van der Waals surface area contributed by atoms with E-state index in [9.17, 15) is 14.0 Å². The molecule has 0 unspecified atom stereocenters. The fraction of sp³-hybridized carbons (Fsp3) is 0.100. The number of Topliss-reactive ketones (excluding diaryl/α,β-unsaturated/α-hetero) is 1. The van der Waals surface area contributed by atoms with Gasteiger partial charge in [-0.05, 0) is 48.5 Å². The zero-order valence-corrected chi connectivity index (χ0v) is 13.8. The fourth-order valence-corrected chi connectivity index (χ4v) is 2.93. The fourth-order valence-electron chi connectivity index (χ4n) is 2.93. The average Bonchev–Trinajstić information content (AvgIpc) is 2.64. The van der Waals surface area contributed by atoms with E-state index in [-0.39, 0.29) is 29.1 Å². The quantitative estimate of drug-likeness (QED) is 0.719. The van der Waals surface area contributed by atoms with Gasteiger partial charge in [0.15, 0.2) is 5.78 Å². The molecule has 0 saturated carbocycles. The van der Waals surface area contributed by atoms with Crippen LogP contribution in [-0.2, 0) is 0 Å². The minimum absolute atomic E-state index is 0.0209. The maximum absolute atomic E-state index is 13.4. The average molecular weight is 351 g/mol. The minimum atomic E-state index is -0.516. The van der Waals surface area contributed by atoms with E-state index in [1.165, 1.54) is 18.2 Å². The van der Waals surface area contributed by atoms with Crippen LogP contribution in [0.15, 0.2) is 52.8 Å². The van der Waals surface area contributed by atoms with Crippen molar-refractivity contribution in [1.29, 1.82) is 0 Å². The van der Waals surface area contributed by atoms with Crippen molar-refractivity contribution in [2.24, 2.45) is 0 Å². The highest BCUT2D eigenvalue weighted by Crippen LogP contribution is 2.28. The van der Waals surface area contributed by atoms with E-state index in [2.05, 4.69) is 4.98 Å². The molecule has 2 heterocycles. The largest absolute Gasteiger partial charge is 0.497 e. The third-order valence-corrected chi connectivity index (χ3v) is 4.27. The number of rotatable bonds is 2. The molecule has 0 fully saturated rings. The van der Waals surface area contributed by atoms with Crippen LogP contribution in [0.1, 0.15) is 15.9 Å². The maximum Gasteiger partial charge on any atom is 0.255 e. The van der Waals surface area contributed by atoms with Gasteiger partial charge in [-0.2, -0.15) is 0 Å². The molecule has 1 N–H and O–H groups in total. The Labute approximate surface area is 147 Å². The molecule has 0 bridgehead atoms. The first kappa shape index (κ1) is 16.1. The number of hydrogen-bond acceptors (Lipinski definition) is 4. The molecule has 2 aromatic carbocycles. The van der Waals surface area contributed by atoms with E-state index in [0.29, 0.717) is 22.6 Å². The summed E-state index contributed by atoms with van der Waals surface area (Å²) in [5, 5.41) is 0.770. The van der Waals surface area contributed by atoms with Crippen molar-refractivity contribution < 1.29 is 18.7 Å². The lowest BCUT2D eigenvalue weighted by Gasteiger charge is -2.18. The first-order valence-electron chi connectivity index (χ1n) is 7.94. The third kappa shape index (κ3) is 2.75. The summed E-state index contributed by atoms with van der Waals surface area (Å²) in [7, 11) is 1.56. The van der Waals surface area contributed by atoms with Crippen LogP contribution in [0.4, 0.5) is 4.39 Å². The Morgan fingerprint density at radius 1 is 1.15 bits per heavy atom. The van der Waals surface area contributed by atoms with Crippen molar-refractivity contribution in [3.8, 4) is 11.5 Å². The normalized spacial score (nSPS) is 15.0. The van der Waals surface area contributed by atoms with E-state index in [0.717, 1.165) is 11.5 Å². The van der Waals surface area contributed by atoms with E-state index >= 15 is 0 Å². The van der Waals surface area contributed by atoms with Gasteiger partial charge in [-0.25, -0.2) is 4.39 Å². The van der Waals surface area contributed by atoms with Gasteiger partial charge in [0.05, 0.1) is 12.7 Å². The zero-order chi connectivity index (χ0) is 18.3. The van der Waals surface area contributed by atoms with Gasteiger partial charge in [-0.1, -0.05) is 0 Å². The van der Waals surface area contributed by atoms with E-state index in [4.69, 9.17) is 9.47 Å². The Bertz CT molecular complexity index is 1130. The van der Waals surface area contributed by atoms with Crippen LogP contribution in [-0.4, -0.2) is 24.5 Å². The number of pyridine rings is 1. The smallest absolute Gasteiger partial charge is 0.255 e. The van der Waals surface area contributed by atoms with Crippen LogP contribution in [0.25, 0.3) is 17.0 Å². The predicted molar refractivity (Wildman–Crippen MR) is 95.3 cm³/mol. The van der Waals surface area contributed by atoms with Gasteiger partial charge in [-0.3, -0.25) is 9.59 Å². The number of halogens is 1. The van der Waals surface area contributed by atoms with E-state index in [1.54, 1.807) is 31.4 Å². The van der Waals surface area contributed by atoms with Gasteiger partial charge in [0, 0.05) is 22.0 Å². The van der Waals surface area contributed by atoms with Crippen molar-refractivity contribution in [2.45, 2.75) is 0 Å². The number of aromatic nitrogens is 1. The lowest BCUT2D eigenvalue weighted by molar-refractivity contribution is 0.1000.